The molecule has 4 nitrogen and oxygen atoms in total. The molecule has 0 saturated heterocycles. The van der Waals surface area contributed by atoms with E-state index in [-0.39, 0.29) is 0 Å². The number of rotatable bonds is 5. The molecule has 1 heterocycles. The lowest BCUT2D eigenvalue weighted by atomic mass is 10.3. The van der Waals surface area contributed by atoms with E-state index in [9.17, 15) is 0 Å². The van der Waals surface area contributed by atoms with Gasteiger partial charge in [-0.2, -0.15) is 5.10 Å². The molecule has 0 aromatic carbocycles. The maximum absolute atomic E-state index is 5.03. The molecule has 0 radical (unpaired) electrons. The normalized spacial score (nSPS) is 10.3. The molecule has 0 atom stereocenters. The van der Waals surface area contributed by atoms with E-state index in [2.05, 4.69) is 27.8 Å². The lowest BCUT2D eigenvalue weighted by molar-refractivity contribution is 0.745. The molecule has 0 amide bonds. The molecule has 0 saturated carbocycles. The quantitative estimate of drug-likeness (QED) is 0.353. The largest absolute Gasteiger partial charge is 0.361 e. The summed E-state index contributed by atoms with van der Waals surface area (Å²) in [7, 11) is 0. The predicted octanol–water partition coefficient (Wildman–Crippen LogP) is 1.68. The van der Waals surface area contributed by atoms with Crippen LogP contribution in [0.25, 0.3) is 0 Å². The third kappa shape index (κ3) is 5.41. The van der Waals surface area contributed by atoms with E-state index in [1.807, 2.05) is 12.1 Å². The average Bonchev–Trinajstić information content (AvgIpc) is 2.31. The zero-order valence-electron chi connectivity index (χ0n) is 9.31. The first-order valence-electron chi connectivity index (χ1n) is 5.30. The second-order valence-corrected chi connectivity index (χ2v) is 3.67. The SMILES string of the molecule is CCCCNC(=S)NN=Cc1cccnc1. The monoisotopic (exact) mass is 236 g/mol. The van der Waals surface area contributed by atoms with Crippen LogP contribution in [0.4, 0.5) is 0 Å². The van der Waals surface area contributed by atoms with E-state index < -0.39 is 0 Å². The summed E-state index contributed by atoms with van der Waals surface area (Å²) in [6, 6.07) is 3.78. The van der Waals surface area contributed by atoms with Crippen molar-refractivity contribution in [1.82, 2.24) is 15.7 Å². The molecule has 1 rings (SSSR count). The van der Waals surface area contributed by atoms with Crippen molar-refractivity contribution < 1.29 is 0 Å². The van der Waals surface area contributed by atoms with E-state index in [0.29, 0.717) is 5.11 Å². The fourth-order valence-electron chi connectivity index (χ4n) is 1.04. The molecule has 0 bridgehead atoms. The molecule has 0 unspecified atom stereocenters. The number of thiocarbonyl (C=S) groups is 1. The van der Waals surface area contributed by atoms with Gasteiger partial charge in [-0.15, -0.1) is 0 Å². The topological polar surface area (TPSA) is 49.3 Å². The van der Waals surface area contributed by atoms with Gasteiger partial charge in [0.2, 0.25) is 0 Å². The van der Waals surface area contributed by atoms with Gasteiger partial charge in [-0.1, -0.05) is 19.4 Å². The molecular formula is C11H16N4S. The summed E-state index contributed by atoms with van der Waals surface area (Å²) in [4.78, 5) is 3.98. The van der Waals surface area contributed by atoms with E-state index in [4.69, 9.17) is 12.2 Å². The second kappa shape index (κ2) is 7.76. The minimum absolute atomic E-state index is 0.550. The Balaban J connectivity index is 2.24. The fourth-order valence-corrected chi connectivity index (χ4v) is 1.19. The Morgan fingerprint density at radius 1 is 1.62 bits per heavy atom. The first-order chi connectivity index (χ1) is 7.83. The van der Waals surface area contributed by atoms with Gasteiger partial charge in [0.15, 0.2) is 5.11 Å². The highest BCUT2D eigenvalue weighted by atomic mass is 32.1. The molecule has 0 spiro atoms. The number of hydrogen-bond acceptors (Lipinski definition) is 3. The Morgan fingerprint density at radius 2 is 2.50 bits per heavy atom. The number of aromatic nitrogens is 1. The lowest BCUT2D eigenvalue weighted by Gasteiger charge is -2.04. The van der Waals surface area contributed by atoms with Gasteiger partial charge in [0.1, 0.15) is 0 Å². The number of pyridine rings is 1. The number of unbranched alkanes of at least 4 members (excludes halogenated alkanes) is 1. The van der Waals surface area contributed by atoms with Crippen molar-refractivity contribution in [1.29, 1.82) is 0 Å². The first-order valence-corrected chi connectivity index (χ1v) is 5.70. The van der Waals surface area contributed by atoms with Crippen LogP contribution in [0.2, 0.25) is 0 Å². The van der Waals surface area contributed by atoms with Crippen molar-refractivity contribution in [3.8, 4) is 0 Å². The summed E-state index contributed by atoms with van der Waals surface area (Å²) in [6.45, 7) is 3.02. The zero-order chi connectivity index (χ0) is 11.6. The van der Waals surface area contributed by atoms with Crippen LogP contribution in [0.1, 0.15) is 25.3 Å². The van der Waals surface area contributed by atoms with Crippen LogP contribution in [0, 0.1) is 0 Å². The van der Waals surface area contributed by atoms with Crippen molar-refractivity contribution >= 4 is 23.5 Å². The van der Waals surface area contributed by atoms with Gasteiger partial charge in [0.05, 0.1) is 6.21 Å². The van der Waals surface area contributed by atoms with Crippen LogP contribution in [-0.2, 0) is 0 Å². The summed E-state index contributed by atoms with van der Waals surface area (Å²) in [5.41, 5.74) is 3.69. The van der Waals surface area contributed by atoms with Crippen LogP contribution in [0.15, 0.2) is 29.6 Å². The highest BCUT2D eigenvalue weighted by molar-refractivity contribution is 7.80. The Morgan fingerprint density at radius 3 is 3.19 bits per heavy atom. The molecule has 0 fully saturated rings. The Hall–Kier alpha value is -1.49. The summed E-state index contributed by atoms with van der Waals surface area (Å²) in [5, 5.41) is 7.61. The van der Waals surface area contributed by atoms with E-state index in [1.165, 1.54) is 0 Å². The van der Waals surface area contributed by atoms with Crippen LogP contribution in [-0.4, -0.2) is 22.9 Å². The predicted molar refractivity (Wildman–Crippen MR) is 70.5 cm³/mol. The van der Waals surface area contributed by atoms with Crippen molar-refractivity contribution in [2.45, 2.75) is 19.8 Å². The Labute approximate surface area is 101 Å². The van der Waals surface area contributed by atoms with E-state index >= 15 is 0 Å². The standard InChI is InChI=1S/C11H16N4S/c1-2-3-7-13-11(16)15-14-9-10-5-4-6-12-8-10/h4-6,8-9H,2-3,7H2,1H3,(H2,13,15,16). The summed E-state index contributed by atoms with van der Waals surface area (Å²) >= 11 is 5.03. The molecule has 0 aliphatic rings. The van der Waals surface area contributed by atoms with Gasteiger partial charge < -0.3 is 5.32 Å². The van der Waals surface area contributed by atoms with Crippen molar-refractivity contribution in [2.24, 2.45) is 5.10 Å². The van der Waals surface area contributed by atoms with E-state index in [1.54, 1.807) is 18.6 Å². The van der Waals surface area contributed by atoms with Gasteiger partial charge in [0, 0.05) is 24.5 Å². The van der Waals surface area contributed by atoms with Gasteiger partial charge in [-0.3, -0.25) is 10.4 Å². The minimum Gasteiger partial charge on any atom is -0.361 e. The highest BCUT2D eigenvalue weighted by Gasteiger charge is 1.90. The molecule has 2 N–H and O–H groups in total. The van der Waals surface area contributed by atoms with Gasteiger partial charge in [-0.05, 0) is 24.7 Å². The molecular weight excluding hydrogens is 220 g/mol. The first kappa shape index (κ1) is 12.6. The van der Waals surface area contributed by atoms with Crippen LogP contribution in [0.3, 0.4) is 0 Å². The van der Waals surface area contributed by atoms with Crippen molar-refractivity contribution in [2.75, 3.05) is 6.54 Å². The molecule has 86 valence electrons. The average molecular weight is 236 g/mol. The molecule has 0 aliphatic heterocycles. The Kier molecular flexibility index (Phi) is 6.10. The van der Waals surface area contributed by atoms with Gasteiger partial charge in [0.25, 0.3) is 0 Å². The zero-order valence-corrected chi connectivity index (χ0v) is 10.1. The van der Waals surface area contributed by atoms with Crippen LogP contribution in [0.5, 0.6) is 0 Å². The van der Waals surface area contributed by atoms with Crippen molar-refractivity contribution in [3.05, 3.63) is 30.1 Å². The number of nitrogens with zero attached hydrogens (tertiary/aromatic N) is 2. The minimum atomic E-state index is 0.550. The lowest BCUT2D eigenvalue weighted by Crippen LogP contribution is -2.32. The number of nitrogens with one attached hydrogen (secondary N) is 2. The molecule has 5 heteroatoms. The third-order valence-corrected chi connectivity index (χ3v) is 2.12. The summed E-state index contributed by atoms with van der Waals surface area (Å²) in [6.07, 6.45) is 7.39. The second-order valence-electron chi connectivity index (χ2n) is 3.27. The molecule has 16 heavy (non-hydrogen) atoms. The summed E-state index contributed by atoms with van der Waals surface area (Å²) < 4.78 is 0. The number of hydrazone groups is 1. The van der Waals surface area contributed by atoms with Crippen LogP contribution >= 0.6 is 12.2 Å². The fraction of sp³-hybridized carbons (Fsp3) is 0.364. The van der Waals surface area contributed by atoms with Crippen molar-refractivity contribution in [3.63, 3.8) is 0 Å². The molecule has 1 aromatic rings. The maximum atomic E-state index is 5.03. The maximum Gasteiger partial charge on any atom is 0.186 e. The molecule has 1 aromatic heterocycles. The Bertz CT molecular complexity index is 337. The highest BCUT2D eigenvalue weighted by Crippen LogP contribution is 1.89. The smallest absolute Gasteiger partial charge is 0.186 e. The van der Waals surface area contributed by atoms with Crippen LogP contribution < -0.4 is 10.7 Å². The van der Waals surface area contributed by atoms with E-state index in [0.717, 1.165) is 24.9 Å². The molecule has 0 aliphatic carbocycles. The van der Waals surface area contributed by atoms with Gasteiger partial charge in [-0.25, -0.2) is 0 Å². The summed E-state index contributed by atoms with van der Waals surface area (Å²) in [5.74, 6) is 0. The third-order valence-electron chi connectivity index (χ3n) is 1.88. The van der Waals surface area contributed by atoms with Gasteiger partial charge >= 0.3 is 0 Å². The number of hydrogen-bond donors (Lipinski definition) is 2.